The van der Waals surface area contributed by atoms with Gasteiger partial charge in [-0.3, -0.25) is 47.9 Å². The average Bonchev–Trinajstić information content (AvgIpc) is 3.82. The van der Waals surface area contributed by atoms with E-state index in [0.717, 1.165) is 6.42 Å². The molecule has 22 heteroatoms. The molecule has 0 saturated carbocycles. The van der Waals surface area contributed by atoms with Crippen LogP contribution in [0.3, 0.4) is 0 Å². The number of hydrogen-bond acceptors (Lipinski definition) is 12. The van der Waals surface area contributed by atoms with E-state index < -0.39 is 106 Å². The predicted molar refractivity (Wildman–Crippen MR) is 301 cm³/mol. The van der Waals surface area contributed by atoms with Crippen molar-refractivity contribution in [3.63, 3.8) is 0 Å². The van der Waals surface area contributed by atoms with E-state index in [2.05, 4.69) is 47.9 Å². The van der Waals surface area contributed by atoms with E-state index >= 15 is 0 Å². The van der Waals surface area contributed by atoms with E-state index in [1.54, 1.807) is 13.8 Å². The van der Waals surface area contributed by atoms with Crippen molar-refractivity contribution in [2.45, 2.75) is 228 Å². The van der Waals surface area contributed by atoms with Crippen molar-refractivity contribution < 1.29 is 53.1 Å². The van der Waals surface area contributed by atoms with Crippen LogP contribution in [-0.2, 0) is 47.9 Å². The van der Waals surface area contributed by atoms with Gasteiger partial charge in [-0.05, 0) is 124 Å². The zero-order valence-corrected chi connectivity index (χ0v) is 50.4. The number of likely N-dealkylation sites (tertiary alicyclic amines) is 1. The summed E-state index contributed by atoms with van der Waals surface area (Å²) < 4.78 is 0. The quantitative estimate of drug-likeness (QED) is 0.0423. The predicted octanol–water partition coefficient (Wildman–Crippen LogP) is 2.08. The first-order valence-corrected chi connectivity index (χ1v) is 28.1. The largest absolute Gasteiger partial charge is 0.390 e. The lowest BCUT2D eigenvalue weighted by molar-refractivity contribution is -0.140. The van der Waals surface area contributed by atoms with Crippen LogP contribution in [0.25, 0.3) is 0 Å². The van der Waals surface area contributed by atoms with E-state index in [1.165, 1.54) is 52.5 Å². The van der Waals surface area contributed by atoms with E-state index in [0.29, 0.717) is 38.8 Å². The Kier molecular flexibility index (Phi) is 29.3. The van der Waals surface area contributed by atoms with Crippen molar-refractivity contribution in [1.29, 1.82) is 0 Å². The fourth-order valence-corrected chi connectivity index (χ4v) is 8.53. The van der Waals surface area contributed by atoms with Crippen molar-refractivity contribution in [2.24, 2.45) is 23.7 Å². The van der Waals surface area contributed by atoms with Gasteiger partial charge in [0.2, 0.25) is 59.1 Å². The molecule has 1 aliphatic heterocycles. The highest BCUT2D eigenvalue weighted by Crippen LogP contribution is 2.20. The summed E-state index contributed by atoms with van der Waals surface area (Å²) in [6.45, 7) is 28.1. The van der Waals surface area contributed by atoms with Gasteiger partial charge in [0.25, 0.3) is 0 Å². The van der Waals surface area contributed by atoms with Gasteiger partial charge < -0.3 is 62.8 Å². The molecule has 0 aliphatic carbocycles. The lowest BCUT2D eigenvalue weighted by Crippen LogP contribution is -2.66. The highest BCUT2D eigenvalue weighted by Gasteiger charge is 2.42. The van der Waals surface area contributed by atoms with Crippen LogP contribution >= 0.6 is 0 Å². The number of likely N-dealkylation sites (N-methyl/N-ethyl adjacent to an activating group) is 1. The molecule has 0 spiro atoms. The Morgan fingerprint density at radius 3 is 1.73 bits per heavy atom. The number of rotatable bonds is 33. The Labute approximate surface area is 465 Å². The molecule has 10 amide bonds. The summed E-state index contributed by atoms with van der Waals surface area (Å²) in [5.74, 6) is -6.84. The Morgan fingerprint density at radius 1 is 0.654 bits per heavy atom. The zero-order valence-electron chi connectivity index (χ0n) is 50.4. The number of amides is 10. The highest BCUT2D eigenvalue weighted by molar-refractivity contribution is 6.00. The molecule has 0 aromatic carbocycles. The summed E-state index contributed by atoms with van der Waals surface area (Å²) in [7, 11) is 3.78. The first-order valence-electron chi connectivity index (χ1n) is 28.1. The fraction of sp³-hybridized carbons (Fsp3) is 0.786. The number of nitrogens with zero attached hydrogens (tertiary/aromatic N) is 2. The standard InChI is InChI=1S/C56H101N11O11/c1-19-21-23-38(59-49(74)41-24-22-29-67(41)43(69)26-25-36(9)20-2)46(71)62-44(45(70)35(7)8)50(75)64-55(13,14)52(77)61-39(30-33(3)4)47(72)60-40(31-34(5)6)48(73)63-56(15,16)53(78)65-54(11,12)51(76)57-28-27-42(68)58-37(10)32-66(17)18/h25-26,33-41,44-45,70H,19-24,27-32H2,1-18H3,(H,57,76)(H,58,68)(H,59,74)(H,60,72)(H,61,77)(H,62,71)(H,63,73)(H,64,75)(H,65,78)/b26-25+/t36?,37?,38?,39?,40?,41-,44?,45?/m0/s1. The summed E-state index contributed by atoms with van der Waals surface area (Å²) in [6, 6.07) is -6.02. The molecule has 0 radical (unpaired) electrons. The third kappa shape index (κ3) is 24.2. The molecule has 78 heavy (non-hydrogen) atoms. The van der Waals surface area contributed by atoms with Crippen LogP contribution in [-0.4, -0.2) is 167 Å². The van der Waals surface area contributed by atoms with Gasteiger partial charge in [0.1, 0.15) is 46.8 Å². The molecule has 0 aromatic heterocycles. The molecule has 7 unspecified atom stereocenters. The van der Waals surface area contributed by atoms with Crippen LogP contribution in [0.4, 0.5) is 0 Å². The zero-order chi connectivity index (χ0) is 60.0. The van der Waals surface area contributed by atoms with Crippen LogP contribution in [0, 0.1) is 23.7 Å². The van der Waals surface area contributed by atoms with E-state index in [4.69, 9.17) is 0 Å². The number of allylic oxidation sites excluding steroid dienone is 1. The molecule has 0 bridgehead atoms. The Bertz CT molecular complexity index is 2070. The number of aliphatic hydroxyl groups excluding tert-OH is 1. The fourth-order valence-electron chi connectivity index (χ4n) is 8.53. The van der Waals surface area contributed by atoms with Crippen molar-refractivity contribution >= 4 is 59.1 Å². The normalized spacial score (nSPS) is 16.9. The second-order valence-electron chi connectivity index (χ2n) is 24.2. The second kappa shape index (κ2) is 32.4. The number of carbonyl (C=O) groups is 10. The van der Waals surface area contributed by atoms with Crippen LogP contribution in [0.15, 0.2) is 12.2 Å². The Morgan fingerprint density at radius 2 is 1.19 bits per heavy atom. The average molecular weight is 1100 g/mol. The number of aliphatic hydroxyl groups is 1. The van der Waals surface area contributed by atoms with Gasteiger partial charge in [-0.1, -0.05) is 87.7 Å². The molecular weight excluding hydrogens is 1000 g/mol. The van der Waals surface area contributed by atoms with Gasteiger partial charge in [-0.25, -0.2) is 0 Å². The molecule has 1 rings (SSSR count). The van der Waals surface area contributed by atoms with Crippen LogP contribution in [0.1, 0.15) is 169 Å². The molecule has 446 valence electrons. The lowest BCUT2D eigenvalue weighted by atomic mass is 9.95. The van der Waals surface area contributed by atoms with Gasteiger partial charge >= 0.3 is 0 Å². The third-order valence-electron chi connectivity index (χ3n) is 13.5. The number of unbranched alkanes of at least 4 members (excludes halogenated alkanes) is 1. The summed E-state index contributed by atoms with van der Waals surface area (Å²) in [6.07, 6.45) is 5.38. The third-order valence-corrected chi connectivity index (χ3v) is 13.5. The van der Waals surface area contributed by atoms with Crippen LogP contribution < -0.4 is 47.9 Å². The molecular formula is C56H101N11O11. The topological polar surface area (TPSA) is 306 Å². The first kappa shape index (κ1) is 70.4. The smallest absolute Gasteiger partial charge is 0.246 e. The van der Waals surface area contributed by atoms with E-state index in [9.17, 15) is 53.1 Å². The monoisotopic (exact) mass is 1100 g/mol. The number of carbonyl (C=O) groups excluding carboxylic acids is 10. The van der Waals surface area contributed by atoms with Crippen molar-refractivity contribution in [3.05, 3.63) is 12.2 Å². The molecule has 1 fully saturated rings. The Balaban J connectivity index is 3.25. The molecule has 0 aromatic rings. The molecule has 10 N–H and O–H groups in total. The number of hydrogen-bond donors (Lipinski definition) is 10. The van der Waals surface area contributed by atoms with Gasteiger partial charge in [-0.15, -0.1) is 0 Å². The van der Waals surface area contributed by atoms with E-state index in [1.807, 2.05) is 80.5 Å². The second-order valence-corrected chi connectivity index (χ2v) is 24.2. The molecule has 1 heterocycles. The number of nitrogens with one attached hydrogen (secondary N) is 9. The molecule has 8 atom stereocenters. The van der Waals surface area contributed by atoms with Gasteiger partial charge in [0.15, 0.2) is 0 Å². The molecule has 1 saturated heterocycles. The minimum atomic E-state index is -1.75. The molecule has 1 aliphatic rings. The minimum Gasteiger partial charge on any atom is -0.390 e. The lowest BCUT2D eigenvalue weighted by Gasteiger charge is -2.34. The van der Waals surface area contributed by atoms with E-state index in [-0.39, 0.29) is 67.8 Å². The first-order chi connectivity index (χ1) is 36.0. The summed E-state index contributed by atoms with van der Waals surface area (Å²) >= 11 is 0. The summed E-state index contributed by atoms with van der Waals surface area (Å²) in [5, 5.41) is 35.8. The van der Waals surface area contributed by atoms with Crippen molar-refractivity contribution in [2.75, 3.05) is 33.7 Å². The SMILES string of the molecule is CCCCC(NC(=O)[C@@H]1CCCN1C(=O)/C=C/C(C)CC)C(=O)NC(C(=O)NC(C)(C)C(=O)NC(CC(C)C)C(=O)NC(CC(C)C)C(=O)NC(C)(C)C(=O)NC(C)(C)C(=O)NCCC(=O)NC(C)CN(C)C)C(O)C(C)C. The van der Waals surface area contributed by atoms with Crippen molar-refractivity contribution in [1.82, 2.24) is 57.7 Å². The maximum absolute atomic E-state index is 14.2. The summed E-state index contributed by atoms with van der Waals surface area (Å²) in [5.41, 5.74) is -4.81. The van der Waals surface area contributed by atoms with Crippen LogP contribution in [0.5, 0.6) is 0 Å². The molecule has 22 nitrogen and oxygen atoms in total. The van der Waals surface area contributed by atoms with Gasteiger partial charge in [-0.2, -0.15) is 0 Å². The highest BCUT2D eigenvalue weighted by atomic mass is 16.3. The van der Waals surface area contributed by atoms with Crippen LogP contribution in [0.2, 0.25) is 0 Å². The Hall–Kier alpha value is -5.64. The minimum absolute atomic E-state index is 0.0209. The summed E-state index contributed by atoms with van der Waals surface area (Å²) in [4.78, 5) is 140. The van der Waals surface area contributed by atoms with Crippen molar-refractivity contribution in [3.8, 4) is 0 Å². The van der Waals surface area contributed by atoms with Gasteiger partial charge in [0, 0.05) is 32.1 Å². The maximum Gasteiger partial charge on any atom is 0.246 e. The van der Waals surface area contributed by atoms with Gasteiger partial charge in [0.05, 0.1) is 6.10 Å². The maximum atomic E-state index is 14.2.